The Bertz CT molecular complexity index is 655. The van der Waals surface area contributed by atoms with Crippen molar-refractivity contribution in [2.45, 2.75) is 0 Å². The van der Waals surface area contributed by atoms with E-state index in [4.69, 9.17) is 0 Å². The zero-order valence-corrected chi connectivity index (χ0v) is 7.86. The van der Waals surface area contributed by atoms with E-state index in [1.54, 1.807) is 6.07 Å². The van der Waals surface area contributed by atoms with Crippen LogP contribution in [0.2, 0.25) is 0 Å². The molecule has 15 heavy (non-hydrogen) atoms. The van der Waals surface area contributed by atoms with Crippen molar-refractivity contribution in [3.63, 3.8) is 0 Å². The van der Waals surface area contributed by atoms with E-state index in [-0.39, 0.29) is 11.5 Å². The highest BCUT2D eigenvalue weighted by Crippen LogP contribution is 2.35. The van der Waals surface area contributed by atoms with Crippen LogP contribution in [0.5, 0.6) is 11.5 Å². The quantitative estimate of drug-likeness (QED) is 0.487. The Morgan fingerprint density at radius 2 is 1.80 bits per heavy atom. The molecule has 0 amide bonds. The van der Waals surface area contributed by atoms with E-state index >= 15 is 0 Å². The van der Waals surface area contributed by atoms with Crippen LogP contribution in [-0.4, -0.2) is 15.2 Å². The molecule has 0 fully saturated rings. The van der Waals surface area contributed by atoms with E-state index < -0.39 is 0 Å². The van der Waals surface area contributed by atoms with Crippen molar-refractivity contribution in [2.24, 2.45) is 0 Å². The molecule has 74 valence electrons. The Morgan fingerprint density at radius 3 is 2.67 bits per heavy atom. The maximum atomic E-state index is 9.70. The van der Waals surface area contributed by atoms with Crippen molar-refractivity contribution in [2.75, 3.05) is 0 Å². The Balaban J connectivity index is 2.54. The van der Waals surface area contributed by atoms with Crippen LogP contribution >= 0.6 is 0 Å². The third-order valence-corrected chi connectivity index (χ3v) is 2.64. The fourth-order valence-corrected chi connectivity index (χ4v) is 1.85. The number of aromatic nitrogens is 1. The predicted molar refractivity (Wildman–Crippen MR) is 59.1 cm³/mol. The summed E-state index contributed by atoms with van der Waals surface area (Å²) in [6.45, 7) is 0. The highest BCUT2D eigenvalue weighted by Gasteiger charge is 2.06. The molecule has 1 heterocycles. The van der Waals surface area contributed by atoms with Gasteiger partial charge in [0.15, 0.2) is 11.5 Å². The topological polar surface area (TPSA) is 56.2 Å². The Morgan fingerprint density at radius 1 is 0.933 bits per heavy atom. The molecule has 3 N–H and O–H groups in total. The van der Waals surface area contributed by atoms with Crippen molar-refractivity contribution in [3.05, 3.63) is 36.5 Å². The maximum Gasteiger partial charge on any atom is 0.165 e. The van der Waals surface area contributed by atoms with Gasteiger partial charge in [-0.1, -0.05) is 6.07 Å². The second kappa shape index (κ2) is 2.67. The first kappa shape index (κ1) is 8.17. The van der Waals surface area contributed by atoms with Gasteiger partial charge in [-0.05, 0) is 29.7 Å². The summed E-state index contributed by atoms with van der Waals surface area (Å²) in [6, 6.07) is 9.01. The number of phenols is 2. The number of hydrogen-bond acceptors (Lipinski definition) is 2. The third kappa shape index (κ3) is 1.06. The first-order chi connectivity index (χ1) is 7.25. The van der Waals surface area contributed by atoms with E-state index in [9.17, 15) is 10.2 Å². The molecule has 0 saturated carbocycles. The lowest BCUT2D eigenvalue weighted by molar-refractivity contribution is 0.408. The number of benzene rings is 2. The number of aromatic amines is 1. The van der Waals surface area contributed by atoms with Crippen LogP contribution in [0.4, 0.5) is 0 Å². The second-order valence-corrected chi connectivity index (χ2v) is 3.57. The van der Waals surface area contributed by atoms with Crippen LogP contribution in [0.1, 0.15) is 0 Å². The van der Waals surface area contributed by atoms with Gasteiger partial charge in [0, 0.05) is 22.5 Å². The molecule has 0 atom stereocenters. The highest BCUT2D eigenvalue weighted by molar-refractivity contribution is 6.00. The molecule has 0 bridgehead atoms. The summed E-state index contributed by atoms with van der Waals surface area (Å²) in [7, 11) is 0. The van der Waals surface area contributed by atoms with Gasteiger partial charge in [0.2, 0.25) is 0 Å². The first-order valence-corrected chi connectivity index (χ1v) is 4.67. The molecule has 0 unspecified atom stereocenters. The lowest BCUT2D eigenvalue weighted by atomic mass is 10.1. The number of fused-ring (bicyclic) bond motifs is 2. The van der Waals surface area contributed by atoms with Gasteiger partial charge < -0.3 is 15.2 Å². The summed E-state index contributed by atoms with van der Waals surface area (Å²) in [4.78, 5) is 3.10. The van der Waals surface area contributed by atoms with Crippen molar-refractivity contribution < 1.29 is 10.2 Å². The van der Waals surface area contributed by atoms with E-state index in [1.165, 1.54) is 6.07 Å². The molecule has 0 aliphatic rings. The molecule has 3 nitrogen and oxygen atoms in total. The molecule has 0 saturated heterocycles. The van der Waals surface area contributed by atoms with Crippen LogP contribution < -0.4 is 0 Å². The van der Waals surface area contributed by atoms with Gasteiger partial charge in [0.05, 0.1) is 0 Å². The number of aromatic hydroxyl groups is 2. The fourth-order valence-electron chi connectivity index (χ4n) is 1.85. The summed E-state index contributed by atoms with van der Waals surface area (Å²) in [5, 5.41) is 21.7. The highest BCUT2D eigenvalue weighted by atomic mass is 16.3. The summed E-state index contributed by atoms with van der Waals surface area (Å²) in [6.07, 6.45) is 1.85. The maximum absolute atomic E-state index is 9.70. The minimum atomic E-state index is -0.0858. The molecular weight excluding hydrogens is 190 g/mol. The average molecular weight is 199 g/mol. The fraction of sp³-hybridized carbons (Fsp3) is 0. The molecule has 0 spiro atoms. The van der Waals surface area contributed by atoms with Crippen molar-refractivity contribution >= 4 is 21.7 Å². The largest absolute Gasteiger partial charge is 0.504 e. The molecule has 0 aliphatic heterocycles. The van der Waals surface area contributed by atoms with Crippen molar-refractivity contribution in [1.29, 1.82) is 0 Å². The summed E-state index contributed by atoms with van der Waals surface area (Å²) >= 11 is 0. The molecule has 3 heteroatoms. The normalized spacial score (nSPS) is 11.2. The molecule has 0 radical (unpaired) electrons. The zero-order chi connectivity index (χ0) is 10.4. The molecule has 3 rings (SSSR count). The number of phenolic OH excluding ortho intramolecular Hbond substituents is 2. The Hall–Kier alpha value is -2.16. The summed E-state index contributed by atoms with van der Waals surface area (Å²) in [5.41, 5.74) is 1.02. The van der Waals surface area contributed by atoms with E-state index in [0.29, 0.717) is 5.39 Å². The number of H-pyrrole nitrogens is 1. The van der Waals surface area contributed by atoms with Crippen LogP contribution in [-0.2, 0) is 0 Å². The number of hydrogen-bond donors (Lipinski definition) is 3. The Kier molecular flexibility index (Phi) is 1.45. The average Bonchev–Trinajstić information content (AvgIpc) is 2.68. The van der Waals surface area contributed by atoms with Crippen molar-refractivity contribution in [1.82, 2.24) is 4.98 Å². The lowest BCUT2D eigenvalue weighted by Gasteiger charge is -2.03. The van der Waals surface area contributed by atoms with Crippen LogP contribution in [0.15, 0.2) is 36.5 Å². The zero-order valence-electron chi connectivity index (χ0n) is 7.86. The van der Waals surface area contributed by atoms with Crippen LogP contribution in [0.25, 0.3) is 21.7 Å². The SMILES string of the molecule is Oc1ccc2cc3[nH]ccc3cc2c1O. The van der Waals surface area contributed by atoms with Gasteiger partial charge in [-0.25, -0.2) is 0 Å². The molecule has 1 aromatic heterocycles. The summed E-state index contributed by atoms with van der Waals surface area (Å²) in [5.74, 6) is -0.145. The lowest BCUT2D eigenvalue weighted by Crippen LogP contribution is -1.76. The van der Waals surface area contributed by atoms with Gasteiger partial charge in [-0.15, -0.1) is 0 Å². The standard InChI is InChI=1S/C12H9NO2/c14-11-2-1-7-6-10-8(3-4-13-10)5-9(7)12(11)15/h1-6,13-15H. The molecule has 0 aliphatic carbocycles. The predicted octanol–water partition coefficient (Wildman–Crippen LogP) is 2.73. The minimum Gasteiger partial charge on any atom is -0.504 e. The van der Waals surface area contributed by atoms with Crippen LogP contribution in [0, 0.1) is 0 Å². The van der Waals surface area contributed by atoms with E-state index in [2.05, 4.69) is 4.98 Å². The van der Waals surface area contributed by atoms with Gasteiger partial charge in [0.1, 0.15) is 0 Å². The van der Waals surface area contributed by atoms with E-state index in [1.807, 2.05) is 24.4 Å². The smallest absolute Gasteiger partial charge is 0.165 e. The minimum absolute atomic E-state index is 0.0596. The van der Waals surface area contributed by atoms with Crippen LogP contribution in [0.3, 0.4) is 0 Å². The number of rotatable bonds is 0. The van der Waals surface area contributed by atoms with Gasteiger partial charge in [-0.2, -0.15) is 0 Å². The molecule has 2 aromatic carbocycles. The van der Waals surface area contributed by atoms with Gasteiger partial charge in [0.25, 0.3) is 0 Å². The van der Waals surface area contributed by atoms with Gasteiger partial charge in [-0.3, -0.25) is 0 Å². The molecular formula is C12H9NO2. The Labute approximate surface area is 85.6 Å². The molecule has 3 aromatic rings. The number of nitrogens with one attached hydrogen (secondary N) is 1. The summed E-state index contributed by atoms with van der Waals surface area (Å²) < 4.78 is 0. The van der Waals surface area contributed by atoms with E-state index in [0.717, 1.165) is 16.3 Å². The van der Waals surface area contributed by atoms with Crippen molar-refractivity contribution in [3.8, 4) is 11.5 Å². The first-order valence-electron chi connectivity index (χ1n) is 4.67. The third-order valence-electron chi connectivity index (χ3n) is 2.64. The monoisotopic (exact) mass is 199 g/mol. The second-order valence-electron chi connectivity index (χ2n) is 3.57. The van der Waals surface area contributed by atoms with Gasteiger partial charge >= 0.3 is 0 Å².